The van der Waals surface area contributed by atoms with Gasteiger partial charge in [-0.1, -0.05) is 183 Å². The van der Waals surface area contributed by atoms with E-state index in [0.29, 0.717) is 0 Å². The lowest BCUT2D eigenvalue weighted by Crippen LogP contribution is -2.25. The summed E-state index contributed by atoms with van der Waals surface area (Å²) in [6, 6.07) is 73.0. The average Bonchev–Trinajstić information content (AvgIpc) is 3.98. The summed E-state index contributed by atoms with van der Waals surface area (Å²) in [5.41, 5.74) is 19.1. The smallest absolute Gasteiger partial charge is 0.143 e. The van der Waals surface area contributed by atoms with Gasteiger partial charge in [0.1, 0.15) is 11.2 Å². The molecule has 0 saturated heterocycles. The van der Waals surface area contributed by atoms with Gasteiger partial charge in [-0.2, -0.15) is 0 Å². The van der Waals surface area contributed by atoms with Crippen molar-refractivity contribution in [2.24, 2.45) is 0 Å². The molecule has 0 bridgehead atoms. The molecule has 302 valence electrons. The van der Waals surface area contributed by atoms with Crippen molar-refractivity contribution < 1.29 is 4.42 Å². The molecule has 1 heterocycles. The van der Waals surface area contributed by atoms with Gasteiger partial charge < -0.3 is 4.42 Å². The Morgan fingerprint density at radius 3 is 1.69 bits per heavy atom. The molecule has 2 aliphatic carbocycles. The highest BCUT2D eigenvalue weighted by Gasteiger charge is 2.52. The zero-order chi connectivity index (χ0) is 43.0. The van der Waals surface area contributed by atoms with Crippen molar-refractivity contribution >= 4 is 77.2 Å². The number of hydrogen-bond donors (Lipinski definition) is 0. The summed E-state index contributed by atoms with van der Waals surface area (Å²) in [7, 11) is 0. The molecule has 0 aliphatic heterocycles. The van der Waals surface area contributed by atoms with Crippen molar-refractivity contribution in [2.45, 2.75) is 12.3 Å². The molecule has 1 spiro atoms. The predicted molar refractivity (Wildman–Crippen MR) is 276 cm³/mol. The average molecular weight is 825 g/mol. The number of fused-ring (bicyclic) bond motifs is 18. The third-order valence-electron chi connectivity index (χ3n) is 14.7. The highest BCUT2D eigenvalue weighted by molar-refractivity contribution is 6.23. The van der Waals surface area contributed by atoms with Crippen LogP contribution in [0.15, 0.2) is 211 Å². The summed E-state index contributed by atoms with van der Waals surface area (Å²) in [4.78, 5) is 0. The number of hydrogen-bond acceptors (Lipinski definition) is 1. The molecule has 12 aromatic rings. The van der Waals surface area contributed by atoms with Crippen LogP contribution in [0.5, 0.6) is 0 Å². The second-order valence-corrected chi connectivity index (χ2v) is 17.8. The molecule has 0 unspecified atom stereocenters. The first-order chi connectivity index (χ1) is 32.1. The minimum Gasteiger partial charge on any atom is -0.455 e. The molecule has 1 aromatic heterocycles. The predicted octanol–water partition coefficient (Wildman–Crippen LogP) is 17.6. The fourth-order valence-corrected chi connectivity index (χ4v) is 12.1. The Labute approximate surface area is 376 Å². The van der Waals surface area contributed by atoms with Crippen LogP contribution in [0.1, 0.15) is 40.3 Å². The van der Waals surface area contributed by atoms with Crippen LogP contribution in [-0.2, 0) is 5.41 Å². The number of furan rings is 1. The molecule has 0 saturated carbocycles. The molecule has 14 rings (SSSR count). The molecule has 0 radical (unpaired) electrons. The molecule has 0 fully saturated rings. The van der Waals surface area contributed by atoms with Crippen LogP contribution < -0.4 is 0 Å². The Morgan fingerprint density at radius 1 is 0.415 bits per heavy atom. The maximum absolute atomic E-state index is 6.56. The van der Waals surface area contributed by atoms with E-state index in [9.17, 15) is 0 Å². The Morgan fingerprint density at radius 2 is 1.02 bits per heavy atom. The summed E-state index contributed by atoms with van der Waals surface area (Å²) in [6.07, 6.45) is 6.08. The summed E-state index contributed by atoms with van der Waals surface area (Å²) < 4.78 is 6.56. The van der Waals surface area contributed by atoms with E-state index in [0.717, 1.165) is 33.1 Å². The molecule has 1 nitrogen and oxygen atoms in total. The number of rotatable bonds is 4. The fourth-order valence-electron chi connectivity index (χ4n) is 12.1. The molecule has 0 atom stereocenters. The molecule has 0 amide bonds. The minimum atomic E-state index is -0.434. The topological polar surface area (TPSA) is 13.1 Å². The molecule has 1 heteroatoms. The van der Waals surface area contributed by atoms with Gasteiger partial charge in [0.2, 0.25) is 0 Å². The lowest BCUT2D eigenvalue weighted by molar-refractivity contribution is 0.668. The van der Waals surface area contributed by atoms with E-state index in [1.54, 1.807) is 0 Å². The van der Waals surface area contributed by atoms with Gasteiger partial charge in [-0.25, -0.2) is 0 Å². The van der Waals surface area contributed by atoms with Crippen LogP contribution in [0.3, 0.4) is 0 Å². The Balaban J connectivity index is 1.01. The van der Waals surface area contributed by atoms with Crippen LogP contribution >= 0.6 is 0 Å². The van der Waals surface area contributed by atoms with Gasteiger partial charge in [-0.3, -0.25) is 0 Å². The summed E-state index contributed by atoms with van der Waals surface area (Å²) in [5.74, 6) is 0. The van der Waals surface area contributed by atoms with E-state index in [4.69, 9.17) is 4.42 Å². The van der Waals surface area contributed by atoms with Crippen molar-refractivity contribution in [3.05, 3.63) is 240 Å². The van der Waals surface area contributed by atoms with E-state index in [1.807, 2.05) is 13.0 Å². The zero-order valence-electron chi connectivity index (χ0n) is 35.8. The van der Waals surface area contributed by atoms with Gasteiger partial charge in [-0.15, -0.1) is 0 Å². The van der Waals surface area contributed by atoms with E-state index >= 15 is 0 Å². The fraction of sp³-hybridized carbons (Fsp3) is 0.0312. The lowest BCUT2D eigenvalue weighted by atomic mass is 9.70. The van der Waals surface area contributed by atoms with E-state index in [-0.39, 0.29) is 0 Å². The standard InChI is InChI=1S/C64H40O/c1-3-15-38-28-31-52-53-36-42(30-33-59(53)65-63(52)44(38)4-2)61-50-22-9-7-20-48(50)60(49-21-8-10-23-51(49)61)41-27-26-40-35-54-58(37-43(40)34-41)64(57-32-29-39-16-5-6-17-45(39)62(54)57)55-24-13-11-18-46(55)47-19-12-14-25-56(47)64/h3-37H,2H2,1H3/b15-3-. The highest BCUT2D eigenvalue weighted by Crippen LogP contribution is 2.64. The van der Waals surface area contributed by atoms with Crippen LogP contribution in [0, 0.1) is 0 Å². The largest absolute Gasteiger partial charge is 0.455 e. The molecular weight excluding hydrogens is 785 g/mol. The third kappa shape index (κ3) is 4.77. The summed E-state index contributed by atoms with van der Waals surface area (Å²) in [5, 5.41) is 12.2. The van der Waals surface area contributed by atoms with Crippen LogP contribution in [0.2, 0.25) is 0 Å². The SMILES string of the molecule is C=Cc1c(/C=C\C)ccc2c1oc1ccc(-c3c4ccccc4c(-c4ccc5cc6c(cc5c4)C4(c5ccccc5-c5ccccc54)c4ccc5ccccc5c4-6)c4ccccc34)cc12. The molecule has 2 aliphatic rings. The van der Waals surface area contributed by atoms with Gasteiger partial charge in [-0.05, 0) is 159 Å². The Hall–Kier alpha value is -8.26. The quantitative estimate of drug-likeness (QED) is 0.161. The van der Waals surface area contributed by atoms with Crippen molar-refractivity contribution in [2.75, 3.05) is 0 Å². The van der Waals surface area contributed by atoms with Crippen molar-refractivity contribution in [3.63, 3.8) is 0 Å². The highest BCUT2D eigenvalue weighted by atomic mass is 16.3. The van der Waals surface area contributed by atoms with Crippen molar-refractivity contribution in [3.8, 4) is 44.5 Å². The number of allylic oxidation sites excluding steroid dienone is 1. The third-order valence-corrected chi connectivity index (χ3v) is 14.7. The molecule has 0 N–H and O–H groups in total. The van der Waals surface area contributed by atoms with E-state index in [1.165, 1.54) is 110 Å². The lowest BCUT2D eigenvalue weighted by Gasteiger charge is -2.30. The van der Waals surface area contributed by atoms with Crippen LogP contribution in [0.25, 0.3) is 122 Å². The first-order valence-corrected chi connectivity index (χ1v) is 22.6. The zero-order valence-corrected chi connectivity index (χ0v) is 35.8. The second kappa shape index (κ2) is 13.4. The Bertz CT molecular complexity index is 4000. The molecular formula is C64H40O. The van der Waals surface area contributed by atoms with Gasteiger partial charge >= 0.3 is 0 Å². The first kappa shape index (κ1) is 36.2. The van der Waals surface area contributed by atoms with E-state index < -0.39 is 5.41 Å². The van der Waals surface area contributed by atoms with Crippen molar-refractivity contribution in [1.29, 1.82) is 0 Å². The normalized spacial score (nSPS) is 13.4. The monoisotopic (exact) mass is 824 g/mol. The van der Waals surface area contributed by atoms with Crippen LogP contribution in [-0.4, -0.2) is 0 Å². The van der Waals surface area contributed by atoms with Crippen molar-refractivity contribution in [1.82, 2.24) is 0 Å². The second-order valence-electron chi connectivity index (χ2n) is 17.8. The van der Waals surface area contributed by atoms with Gasteiger partial charge in [0.15, 0.2) is 0 Å². The van der Waals surface area contributed by atoms with Gasteiger partial charge in [0.05, 0.1) is 5.41 Å². The molecule has 11 aromatic carbocycles. The van der Waals surface area contributed by atoms with Gasteiger partial charge in [0.25, 0.3) is 0 Å². The molecule has 65 heavy (non-hydrogen) atoms. The van der Waals surface area contributed by atoms with Crippen LogP contribution in [0.4, 0.5) is 0 Å². The summed E-state index contributed by atoms with van der Waals surface area (Å²) in [6.45, 7) is 6.19. The Kier molecular flexibility index (Phi) is 7.46. The summed E-state index contributed by atoms with van der Waals surface area (Å²) >= 11 is 0. The van der Waals surface area contributed by atoms with Gasteiger partial charge in [0, 0.05) is 16.3 Å². The first-order valence-electron chi connectivity index (χ1n) is 22.6. The van der Waals surface area contributed by atoms with E-state index in [2.05, 4.69) is 213 Å². The number of benzene rings is 11. The minimum absolute atomic E-state index is 0.434. The maximum atomic E-state index is 6.56. The maximum Gasteiger partial charge on any atom is 0.143 e.